The van der Waals surface area contributed by atoms with Gasteiger partial charge in [-0.25, -0.2) is 0 Å². The van der Waals surface area contributed by atoms with Gasteiger partial charge in [-0.2, -0.15) is 0 Å². The fourth-order valence-electron chi connectivity index (χ4n) is 2.33. The maximum Gasteiger partial charge on any atom is 0.223 e. The normalized spacial score (nSPS) is 22.2. The number of carbonyl (C=O) groups is 1. The molecule has 0 spiro atoms. The van der Waals surface area contributed by atoms with E-state index in [9.17, 15) is 4.79 Å². The van der Waals surface area contributed by atoms with Crippen LogP contribution in [-0.4, -0.2) is 24.4 Å². The van der Waals surface area contributed by atoms with Gasteiger partial charge >= 0.3 is 0 Å². The SMILES string of the molecule is O=C(CCOc1ccccc1)NCC1CCCC1Cl. The number of amides is 1. The molecular formula is C15H20ClNO2. The zero-order valence-electron chi connectivity index (χ0n) is 11.0. The summed E-state index contributed by atoms with van der Waals surface area (Å²) in [5, 5.41) is 3.16. The van der Waals surface area contributed by atoms with Gasteiger partial charge in [-0.15, -0.1) is 11.6 Å². The molecule has 1 N–H and O–H groups in total. The highest BCUT2D eigenvalue weighted by molar-refractivity contribution is 6.20. The van der Waals surface area contributed by atoms with E-state index in [-0.39, 0.29) is 11.3 Å². The van der Waals surface area contributed by atoms with Crippen LogP contribution in [0.3, 0.4) is 0 Å². The minimum Gasteiger partial charge on any atom is -0.493 e. The van der Waals surface area contributed by atoms with Gasteiger partial charge in [0.15, 0.2) is 0 Å². The summed E-state index contributed by atoms with van der Waals surface area (Å²) in [7, 11) is 0. The predicted molar refractivity (Wildman–Crippen MR) is 76.5 cm³/mol. The zero-order valence-corrected chi connectivity index (χ0v) is 11.7. The quantitative estimate of drug-likeness (QED) is 0.814. The minimum absolute atomic E-state index is 0.0340. The second-order valence-electron chi connectivity index (χ2n) is 4.92. The second kappa shape index (κ2) is 7.39. The fourth-order valence-corrected chi connectivity index (χ4v) is 2.70. The van der Waals surface area contributed by atoms with E-state index in [2.05, 4.69) is 5.32 Å². The van der Waals surface area contributed by atoms with Gasteiger partial charge in [0.25, 0.3) is 0 Å². The van der Waals surface area contributed by atoms with Crippen molar-refractivity contribution in [3.05, 3.63) is 30.3 Å². The summed E-state index contributed by atoms with van der Waals surface area (Å²) in [6.45, 7) is 1.10. The topological polar surface area (TPSA) is 38.3 Å². The Hall–Kier alpha value is -1.22. The van der Waals surface area contributed by atoms with Crippen molar-refractivity contribution in [3.63, 3.8) is 0 Å². The molecule has 0 aromatic heterocycles. The van der Waals surface area contributed by atoms with E-state index in [1.165, 1.54) is 6.42 Å². The summed E-state index contributed by atoms with van der Waals surface area (Å²) in [6, 6.07) is 9.53. The molecule has 2 atom stereocenters. The van der Waals surface area contributed by atoms with Crippen LogP contribution in [0.15, 0.2) is 30.3 Å². The van der Waals surface area contributed by atoms with Crippen LogP contribution >= 0.6 is 11.6 Å². The lowest BCUT2D eigenvalue weighted by molar-refractivity contribution is -0.121. The van der Waals surface area contributed by atoms with Crippen molar-refractivity contribution in [1.29, 1.82) is 0 Å². The van der Waals surface area contributed by atoms with Gasteiger partial charge in [0.2, 0.25) is 5.91 Å². The molecule has 3 nitrogen and oxygen atoms in total. The number of rotatable bonds is 6. The number of carbonyl (C=O) groups excluding carboxylic acids is 1. The van der Waals surface area contributed by atoms with E-state index in [0.717, 1.165) is 18.6 Å². The van der Waals surface area contributed by atoms with Crippen molar-refractivity contribution in [1.82, 2.24) is 5.32 Å². The number of hydrogen-bond acceptors (Lipinski definition) is 2. The molecule has 0 bridgehead atoms. The molecule has 4 heteroatoms. The molecule has 0 heterocycles. The Morgan fingerprint density at radius 1 is 1.32 bits per heavy atom. The van der Waals surface area contributed by atoms with Crippen LogP contribution in [0.4, 0.5) is 0 Å². The second-order valence-corrected chi connectivity index (χ2v) is 5.48. The number of ether oxygens (including phenoxy) is 1. The highest BCUT2D eigenvalue weighted by atomic mass is 35.5. The molecule has 0 saturated heterocycles. The first kappa shape index (κ1) is 14.2. The number of benzene rings is 1. The fraction of sp³-hybridized carbons (Fsp3) is 0.533. The zero-order chi connectivity index (χ0) is 13.5. The Morgan fingerprint density at radius 2 is 2.11 bits per heavy atom. The molecule has 1 aromatic carbocycles. The largest absolute Gasteiger partial charge is 0.493 e. The molecular weight excluding hydrogens is 262 g/mol. The van der Waals surface area contributed by atoms with Crippen LogP contribution in [0.25, 0.3) is 0 Å². The van der Waals surface area contributed by atoms with Crippen molar-refractivity contribution in [2.75, 3.05) is 13.2 Å². The van der Waals surface area contributed by atoms with Gasteiger partial charge < -0.3 is 10.1 Å². The summed E-state index contributed by atoms with van der Waals surface area (Å²) in [4.78, 5) is 11.7. The van der Waals surface area contributed by atoms with E-state index < -0.39 is 0 Å². The van der Waals surface area contributed by atoms with Gasteiger partial charge in [0.05, 0.1) is 13.0 Å². The average molecular weight is 282 g/mol. The van der Waals surface area contributed by atoms with Gasteiger partial charge in [0.1, 0.15) is 5.75 Å². The number of alkyl halides is 1. The maximum atomic E-state index is 11.7. The molecule has 2 rings (SSSR count). The number of nitrogens with one attached hydrogen (secondary N) is 1. The van der Waals surface area contributed by atoms with E-state index in [1.807, 2.05) is 30.3 Å². The van der Waals surface area contributed by atoms with Gasteiger partial charge in [-0.05, 0) is 30.9 Å². The standard InChI is InChI=1S/C15H20ClNO2/c16-14-8-4-5-12(14)11-17-15(18)9-10-19-13-6-2-1-3-7-13/h1-3,6-7,12,14H,4-5,8-11H2,(H,17,18). The maximum absolute atomic E-state index is 11.7. The smallest absolute Gasteiger partial charge is 0.223 e. The molecule has 19 heavy (non-hydrogen) atoms. The first-order valence-corrected chi connectivity index (χ1v) is 7.28. The summed E-state index contributed by atoms with van der Waals surface area (Å²) in [5.74, 6) is 1.26. The van der Waals surface area contributed by atoms with Crippen molar-refractivity contribution in [2.45, 2.75) is 31.1 Å². The number of para-hydroxylation sites is 1. The molecule has 1 fully saturated rings. The third-order valence-corrected chi connectivity index (χ3v) is 4.04. The average Bonchev–Trinajstić information content (AvgIpc) is 2.83. The van der Waals surface area contributed by atoms with Crippen molar-refractivity contribution < 1.29 is 9.53 Å². The van der Waals surface area contributed by atoms with Crippen molar-refractivity contribution in [2.24, 2.45) is 5.92 Å². The molecule has 104 valence electrons. The van der Waals surface area contributed by atoms with Crippen LogP contribution < -0.4 is 10.1 Å². The Morgan fingerprint density at radius 3 is 2.79 bits per heavy atom. The van der Waals surface area contributed by atoms with E-state index in [0.29, 0.717) is 25.5 Å². The lowest BCUT2D eigenvalue weighted by Crippen LogP contribution is -2.31. The molecule has 1 saturated carbocycles. The summed E-state index contributed by atoms with van der Waals surface area (Å²) >= 11 is 6.17. The van der Waals surface area contributed by atoms with Crippen LogP contribution in [0.2, 0.25) is 0 Å². The molecule has 0 radical (unpaired) electrons. The molecule has 1 aromatic rings. The Labute approximate surface area is 119 Å². The molecule has 1 aliphatic carbocycles. The first-order valence-electron chi connectivity index (χ1n) is 6.84. The third kappa shape index (κ3) is 4.75. The molecule has 1 aliphatic rings. The van der Waals surface area contributed by atoms with E-state index in [1.54, 1.807) is 0 Å². The van der Waals surface area contributed by atoms with Crippen molar-refractivity contribution in [3.8, 4) is 5.75 Å². The molecule has 1 amide bonds. The van der Waals surface area contributed by atoms with E-state index >= 15 is 0 Å². The van der Waals surface area contributed by atoms with Gasteiger partial charge in [-0.1, -0.05) is 24.6 Å². The third-order valence-electron chi connectivity index (χ3n) is 3.47. The van der Waals surface area contributed by atoms with Crippen molar-refractivity contribution >= 4 is 17.5 Å². The Kier molecular flexibility index (Phi) is 5.52. The monoisotopic (exact) mass is 281 g/mol. The Bertz CT molecular complexity index is 396. The van der Waals surface area contributed by atoms with Gasteiger partial charge in [-0.3, -0.25) is 4.79 Å². The summed E-state index contributed by atoms with van der Waals surface area (Å²) in [6.07, 6.45) is 3.74. The summed E-state index contributed by atoms with van der Waals surface area (Å²) in [5.41, 5.74) is 0. The van der Waals surface area contributed by atoms with Crippen LogP contribution in [-0.2, 0) is 4.79 Å². The lowest BCUT2D eigenvalue weighted by Gasteiger charge is -2.14. The summed E-state index contributed by atoms with van der Waals surface area (Å²) < 4.78 is 5.48. The van der Waals surface area contributed by atoms with Crippen LogP contribution in [0, 0.1) is 5.92 Å². The molecule has 0 aliphatic heterocycles. The Balaban J connectivity index is 1.59. The lowest BCUT2D eigenvalue weighted by atomic mass is 10.1. The predicted octanol–water partition coefficient (Wildman–Crippen LogP) is 2.98. The van der Waals surface area contributed by atoms with Gasteiger partial charge in [0, 0.05) is 11.9 Å². The van der Waals surface area contributed by atoms with Crippen LogP contribution in [0.1, 0.15) is 25.7 Å². The van der Waals surface area contributed by atoms with Crippen LogP contribution in [0.5, 0.6) is 5.75 Å². The van der Waals surface area contributed by atoms with E-state index in [4.69, 9.17) is 16.3 Å². The highest BCUT2D eigenvalue weighted by Crippen LogP contribution is 2.29. The number of hydrogen-bond donors (Lipinski definition) is 1. The molecule has 2 unspecified atom stereocenters. The first-order chi connectivity index (χ1) is 9.25. The number of halogens is 1. The highest BCUT2D eigenvalue weighted by Gasteiger charge is 2.25. The minimum atomic E-state index is 0.0340.